The molecule has 3 N–H and O–H groups in total. The van der Waals surface area contributed by atoms with Crippen LogP contribution in [-0.4, -0.2) is 44.2 Å². The van der Waals surface area contributed by atoms with Crippen LogP contribution in [0.5, 0.6) is 0 Å². The number of rotatable bonds is 4. The summed E-state index contributed by atoms with van der Waals surface area (Å²) in [6, 6.07) is 0. The summed E-state index contributed by atoms with van der Waals surface area (Å²) in [6.45, 7) is 2.45. The van der Waals surface area contributed by atoms with Gasteiger partial charge < -0.3 is 15.2 Å². The van der Waals surface area contributed by atoms with Crippen molar-refractivity contribution in [1.82, 2.24) is 10.6 Å². The number of likely N-dealkylation sites (N-methyl/N-ethyl adjacent to an activating group) is 1. The molecule has 4 heteroatoms. The summed E-state index contributed by atoms with van der Waals surface area (Å²) < 4.78 is 5.48. The first kappa shape index (κ1) is 9.92. The highest BCUT2D eigenvalue weighted by Crippen LogP contribution is 2.06. The molecule has 0 aromatic carbocycles. The van der Waals surface area contributed by atoms with Crippen LogP contribution in [0.25, 0.3) is 0 Å². The molecule has 1 fully saturated rings. The van der Waals surface area contributed by atoms with Crippen LogP contribution < -0.4 is 10.6 Å². The highest BCUT2D eigenvalue weighted by molar-refractivity contribution is 4.68. The molecule has 0 aromatic heterocycles. The normalized spacial score (nSPS) is 22.5. The van der Waals surface area contributed by atoms with E-state index in [1.807, 2.05) is 0 Å². The van der Waals surface area contributed by atoms with E-state index in [1.165, 1.54) is 0 Å². The first-order chi connectivity index (χ1) is 5.83. The second-order valence-corrected chi connectivity index (χ2v) is 3.09. The van der Waals surface area contributed by atoms with E-state index in [0.29, 0.717) is 12.7 Å². The SMILES string of the molecule is CNC(O)COC1CCNCC1. The maximum absolute atomic E-state index is 9.14. The van der Waals surface area contributed by atoms with Crippen molar-refractivity contribution in [1.29, 1.82) is 0 Å². The Balaban J connectivity index is 2.05. The Morgan fingerprint density at radius 3 is 2.83 bits per heavy atom. The van der Waals surface area contributed by atoms with Gasteiger partial charge in [-0.05, 0) is 33.0 Å². The van der Waals surface area contributed by atoms with Crippen LogP contribution in [0.1, 0.15) is 12.8 Å². The van der Waals surface area contributed by atoms with E-state index in [4.69, 9.17) is 9.84 Å². The monoisotopic (exact) mass is 174 g/mol. The van der Waals surface area contributed by atoms with Gasteiger partial charge in [-0.1, -0.05) is 0 Å². The first-order valence-corrected chi connectivity index (χ1v) is 4.50. The maximum Gasteiger partial charge on any atom is 0.128 e. The Hall–Kier alpha value is -0.160. The molecule has 72 valence electrons. The minimum Gasteiger partial charge on any atom is -0.376 e. The summed E-state index contributed by atoms with van der Waals surface area (Å²) in [4.78, 5) is 0. The van der Waals surface area contributed by atoms with Gasteiger partial charge in [0.1, 0.15) is 6.23 Å². The lowest BCUT2D eigenvalue weighted by Gasteiger charge is -2.23. The van der Waals surface area contributed by atoms with Gasteiger partial charge in [0, 0.05) is 0 Å². The summed E-state index contributed by atoms with van der Waals surface area (Å²) in [5.74, 6) is 0. The van der Waals surface area contributed by atoms with Crippen LogP contribution in [0.15, 0.2) is 0 Å². The Morgan fingerprint density at radius 1 is 1.58 bits per heavy atom. The number of aliphatic hydroxyl groups excluding tert-OH is 1. The fourth-order valence-corrected chi connectivity index (χ4v) is 1.27. The maximum atomic E-state index is 9.14. The predicted octanol–water partition coefficient (Wildman–Crippen LogP) is -0.707. The molecule has 1 unspecified atom stereocenters. The van der Waals surface area contributed by atoms with Crippen LogP contribution >= 0.6 is 0 Å². The Kier molecular flexibility index (Phi) is 4.53. The predicted molar refractivity (Wildman–Crippen MR) is 46.9 cm³/mol. The Bertz CT molecular complexity index is 116. The lowest BCUT2D eigenvalue weighted by atomic mass is 10.1. The Labute approximate surface area is 73.3 Å². The first-order valence-electron chi connectivity index (χ1n) is 4.50. The molecule has 1 aliphatic rings. The summed E-state index contributed by atoms with van der Waals surface area (Å²) in [5, 5.41) is 15.1. The summed E-state index contributed by atoms with van der Waals surface area (Å²) in [7, 11) is 1.72. The number of aliphatic hydroxyl groups is 1. The van der Waals surface area contributed by atoms with Crippen molar-refractivity contribution >= 4 is 0 Å². The third kappa shape index (κ3) is 3.49. The molecule has 4 nitrogen and oxygen atoms in total. The average Bonchev–Trinajstić information content (AvgIpc) is 2.16. The fraction of sp³-hybridized carbons (Fsp3) is 1.00. The van der Waals surface area contributed by atoms with E-state index in [0.717, 1.165) is 25.9 Å². The molecule has 0 spiro atoms. The molecule has 0 radical (unpaired) electrons. The van der Waals surface area contributed by atoms with E-state index in [1.54, 1.807) is 7.05 Å². The molecule has 1 heterocycles. The molecule has 1 saturated heterocycles. The van der Waals surface area contributed by atoms with Crippen LogP contribution in [0, 0.1) is 0 Å². The van der Waals surface area contributed by atoms with E-state index in [2.05, 4.69) is 10.6 Å². The Morgan fingerprint density at radius 2 is 2.25 bits per heavy atom. The molecule has 1 aliphatic heterocycles. The summed E-state index contributed by atoms with van der Waals surface area (Å²) in [5.41, 5.74) is 0. The second-order valence-electron chi connectivity index (χ2n) is 3.09. The zero-order valence-electron chi connectivity index (χ0n) is 7.55. The highest BCUT2D eigenvalue weighted by atomic mass is 16.5. The van der Waals surface area contributed by atoms with Crippen molar-refractivity contribution in [2.24, 2.45) is 0 Å². The van der Waals surface area contributed by atoms with Crippen molar-refractivity contribution in [2.75, 3.05) is 26.7 Å². The average molecular weight is 174 g/mol. The molecule has 0 aliphatic carbocycles. The topological polar surface area (TPSA) is 53.5 Å². The summed E-state index contributed by atoms with van der Waals surface area (Å²) >= 11 is 0. The van der Waals surface area contributed by atoms with E-state index in [-0.39, 0.29) is 0 Å². The van der Waals surface area contributed by atoms with E-state index < -0.39 is 6.23 Å². The lowest BCUT2D eigenvalue weighted by Crippen LogP contribution is -2.36. The van der Waals surface area contributed by atoms with Gasteiger partial charge in [0.05, 0.1) is 12.7 Å². The number of ether oxygens (including phenoxy) is 1. The highest BCUT2D eigenvalue weighted by Gasteiger charge is 2.14. The third-order valence-corrected chi connectivity index (χ3v) is 2.11. The van der Waals surface area contributed by atoms with Gasteiger partial charge >= 0.3 is 0 Å². The quantitative estimate of drug-likeness (QED) is 0.493. The van der Waals surface area contributed by atoms with Gasteiger partial charge in [0.25, 0.3) is 0 Å². The van der Waals surface area contributed by atoms with Gasteiger partial charge in [-0.25, -0.2) is 0 Å². The molecule has 0 amide bonds. The molecule has 12 heavy (non-hydrogen) atoms. The zero-order valence-corrected chi connectivity index (χ0v) is 7.55. The van der Waals surface area contributed by atoms with Gasteiger partial charge in [0.15, 0.2) is 0 Å². The van der Waals surface area contributed by atoms with E-state index >= 15 is 0 Å². The molecular weight excluding hydrogens is 156 g/mol. The van der Waals surface area contributed by atoms with Crippen LogP contribution in [0.2, 0.25) is 0 Å². The molecule has 0 saturated carbocycles. The van der Waals surface area contributed by atoms with Crippen LogP contribution in [0.4, 0.5) is 0 Å². The van der Waals surface area contributed by atoms with Crippen molar-refractivity contribution in [2.45, 2.75) is 25.2 Å². The number of hydrogen-bond acceptors (Lipinski definition) is 4. The van der Waals surface area contributed by atoms with Crippen molar-refractivity contribution < 1.29 is 9.84 Å². The van der Waals surface area contributed by atoms with Gasteiger partial charge in [-0.15, -0.1) is 0 Å². The smallest absolute Gasteiger partial charge is 0.128 e. The van der Waals surface area contributed by atoms with Crippen molar-refractivity contribution in [3.8, 4) is 0 Å². The fourth-order valence-electron chi connectivity index (χ4n) is 1.27. The standard InChI is InChI=1S/C8H18N2O2/c1-9-8(11)6-12-7-2-4-10-5-3-7/h7-11H,2-6H2,1H3. The zero-order chi connectivity index (χ0) is 8.81. The van der Waals surface area contributed by atoms with E-state index in [9.17, 15) is 0 Å². The molecule has 0 aromatic rings. The van der Waals surface area contributed by atoms with Crippen LogP contribution in [0.3, 0.4) is 0 Å². The molecule has 1 rings (SSSR count). The molecule has 0 bridgehead atoms. The number of hydrogen-bond donors (Lipinski definition) is 3. The van der Waals surface area contributed by atoms with Crippen molar-refractivity contribution in [3.63, 3.8) is 0 Å². The van der Waals surface area contributed by atoms with Gasteiger partial charge in [0.2, 0.25) is 0 Å². The number of piperidine rings is 1. The largest absolute Gasteiger partial charge is 0.376 e. The second kappa shape index (κ2) is 5.48. The van der Waals surface area contributed by atoms with Crippen LogP contribution in [-0.2, 0) is 4.74 Å². The lowest BCUT2D eigenvalue weighted by molar-refractivity contribution is -0.0291. The minimum absolute atomic E-state index is 0.328. The molecule has 1 atom stereocenters. The molecular formula is C8H18N2O2. The third-order valence-electron chi connectivity index (χ3n) is 2.11. The van der Waals surface area contributed by atoms with Gasteiger partial charge in [-0.2, -0.15) is 0 Å². The minimum atomic E-state index is -0.528. The van der Waals surface area contributed by atoms with Crippen molar-refractivity contribution in [3.05, 3.63) is 0 Å². The van der Waals surface area contributed by atoms with Gasteiger partial charge in [-0.3, -0.25) is 5.32 Å². The summed E-state index contributed by atoms with van der Waals surface area (Å²) in [6.07, 6.45) is 1.90. The number of nitrogens with one attached hydrogen (secondary N) is 2.